The lowest BCUT2D eigenvalue weighted by molar-refractivity contribution is -0.137. The van der Waals surface area contributed by atoms with Crippen molar-refractivity contribution in [2.45, 2.75) is 44.4 Å². The van der Waals surface area contributed by atoms with Gasteiger partial charge >= 0.3 is 12.3 Å². The number of carbonyl (C=O) groups is 1. The molecule has 1 unspecified atom stereocenters. The van der Waals surface area contributed by atoms with Crippen LogP contribution in [0.5, 0.6) is 0 Å². The quantitative estimate of drug-likeness (QED) is 0.239. The summed E-state index contributed by atoms with van der Waals surface area (Å²) >= 11 is 0. The van der Waals surface area contributed by atoms with Gasteiger partial charge in [0.25, 0.3) is 0 Å². The molecule has 0 spiro atoms. The Labute approximate surface area is 251 Å². The van der Waals surface area contributed by atoms with Gasteiger partial charge in [0.1, 0.15) is 11.6 Å². The van der Waals surface area contributed by atoms with Crippen molar-refractivity contribution >= 4 is 17.7 Å². The number of nitriles is 2. The van der Waals surface area contributed by atoms with E-state index in [-0.39, 0.29) is 35.9 Å². The van der Waals surface area contributed by atoms with Crippen molar-refractivity contribution in [1.82, 2.24) is 20.1 Å². The third kappa shape index (κ3) is 5.45. The Hall–Kier alpha value is -5.62. The first-order valence-electron chi connectivity index (χ1n) is 13.6. The van der Waals surface area contributed by atoms with Crippen molar-refractivity contribution in [2.75, 3.05) is 4.90 Å². The number of nitrogens with one attached hydrogen (secondary N) is 1. The highest BCUT2D eigenvalue weighted by Gasteiger charge is 2.42. The van der Waals surface area contributed by atoms with Gasteiger partial charge in [-0.1, -0.05) is 55.5 Å². The third-order valence-electron chi connectivity index (χ3n) is 7.69. The number of hydrogen-bond acceptors (Lipinski definition) is 6. The van der Waals surface area contributed by atoms with E-state index in [1.165, 1.54) is 21.7 Å². The molecule has 1 aromatic heterocycles. The first kappa shape index (κ1) is 29.9. The summed E-state index contributed by atoms with van der Waals surface area (Å²) in [5.41, 5.74) is 0.177. The van der Waals surface area contributed by atoms with Crippen molar-refractivity contribution in [3.8, 4) is 12.1 Å². The minimum absolute atomic E-state index is 0.0869. The smallest absolute Gasteiger partial charge is 0.416 e. The number of fused-ring (bicyclic) bond motifs is 1. The summed E-state index contributed by atoms with van der Waals surface area (Å²) in [7, 11) is 0. The summed E-state index contributed by atoms with van der Waals surface area (Å²) in [6.07, 6.45) is -5.51. The molecular formula is C32H26F3N7O2. The van der Waals surface area contributed by atoms with E-state index >= 15 is 0 Å². The minimum Gasteiger partial charge on any atom is -0.465 e. The van der Waals surface area contributed by atoms with Gasteiger partial charge in [-0.3, -0.25) is 4.90 Å². The second-order valence-corrected chi connectivity index (χ2v) is 10.3. The number of benzene rings is 3. The van der Waals surface area contributed by atoms with Crippen LogP contribution in [0, 0.1) is 22.7 Å². The lowest BCUT2D eigenvalue weighted by Crippen LogP contribution is -2.47. The monoisotopic (exact) mass is 597 g/mol. The highest BCUT2D eigenvalue weighted by atomic mass is 19.4. The first-order chi connectivity index (χ1) is 21.0. The zero-order chi connectivity index (χ0) is 31.6. The Bertz CT molecular complexity index is 1820. The van der Waals surface area contributed by atoms with E-state index in [9.17, 15) is 33.6 Å². The van der Waals surface area contributed by atoms with Crippen LogP contribution in [0.15, 0.2) is 90.1 Å². The molecule has 12 heteroatoms. The largest absolute Gasteiger partial charge is 0.465 e. The molecule has 2 heterocycles. The molecule has 0 saturated carbocycles. The molecule has 0 fully saturated rings. The normalized spacial score (nSPS) is 16.0. The van der Waals surface area contributed by atoms with Crippen molar-refractivity contribution in [2.24, 2.45) is 0 Å². The fourth-order valence-electron chi connectivity index (χ4n) is 5.45. The summed E-state index contributed by atoms with van der Waals surface area (Å²) < 4.78 is 42.7. The molecule has 222 valence electrons. The molecular weight excluding hydrogens is 571 g/mol. The Morgan fingerprint density at radius 1 is 1.02 bits per heavy atom. The van der Waals surface area contributed by atoms with Crippen LogP contribution < -0.4 is 10.2 Å². The van der Waals surface area contributed by atoms with Crippen molar-refractivity contribution in [3.63, 3.8) is 0 Å². The molecule has 2 atom stereocenters. The molecule has 0 bridgehead atoms. The number of hydrogen-bond donors (Lipinski definition) is 2. The van der Waals surface area contributed by atoms with Gasteiger partial charge in [0.15, 0.2) is 5.82 Å². The van der Waals surface area contributed by atoms with Gasteiger partial charge in [-0.2, -0.15) is 33.8 Å². The van der Waals surface area contributed by atoms with Crippen molar-refractivity contribution in [3.05, 3.63) is 118 Å². The van der Waals surface area contributed by atoms with Crippen LogP contribution in [0.4, 0.5) is 29.6 Å². The number of allylic oxidation sites excluding steroid dienone is 2. The Morgan fingerprint density at radius 3 is 2.32 bits per heavy atom. The Balaban J connectivity index is 1.78. The minimum atomic E-state index is -4.62. The first-order valence-corrected chi connectivity index (χ1v) is 13.6. The van der Waals surface area contributed by atoms with Crippen LogP contribution in [0.3, 0.4) is 0 Å². The number of anilines is 2. The Morgan fingerprint density at radius 2 is 1.73 bits per heavy atom. The molecule has 5 rings (SSSR count). The van der Waals surface area contributed by atoms with Gasteiger partial charge in [0.2, 0.25) is 5.95 Å². The average Bonchev–Trinajstić information content (AvgIpc) is 3.45. The number of amides is 1. The van der Waals surface area contributed by atoms with Gasteiger partial charge in [-0.05, 0) is 54.8 Å². The fraction of sp³-hybridized carbons (Fsp3) is 0.219. The number of rotatable bonds is 7. The molecule has 44 heavy (non-hydrogen) atoms. The van der Waals surface area contributed by atoms with Gasteiger partial charge in [0, 0.05) is 17.8 Å². The summed E-state index contributed by atoms with van der Waals surface area (Å²) in [6.45, 7) is 3.39. The van der Waals surface area contributed by atoms with E-state index in [1.54, 1.807) is 38.1 Å². The zero-order valence-electron chi connectivity index (χ0n) is 23.7. The maximum atomic E-state index is 13.7. The van der Waals surface area contributed by atoms with Gasteiger partial charge in [0.05, 0.1) is 28.8 Å². The molecule has 0 saturated heterocycles. The molecule has 3 aromatic carbocycles. The summed E-state index contributed by atoms with van der Waals surface area (Å²) in [5.74, 6) is 0.187. The molecule has 2 N–H and O–H groups in total. The van der Waals surface area contributed by atoms with Crippen molar-refractivity contribution < 1.29 is 23.1 Å². The van der Waals surface area contributed by atoms with E-state index < -0.39 is 29.4 Å². The second kappa shape index (κ2) is 11.6. The second-order valence-electron chi connectivity index (χ2n) is 10.3. The SMILES string of the molecule is CCC(Cc1ccccc1)(NC(=O)O)c1nc2n(n1)[C@H](c1ccc(C#N)cc1)C(C#N)=C(C)N2c1cccc(C(F)(F)F)c1. The van der Waals surface area contributed by atoms with Crippen LogP contribution >= 0.6 is 0 Å². The van der Waals surface area contributed by atoms with Gasteiger partial charge in [-0.25, -0.2) is 9.48 Å². The summed E-state index contributed by atoms with van der Waals surface area (Å²) in [6, 6.07) is 23.8. The summed E-state index contributed by atoms with van der Waals surface area (Å²) in [4.78, 5) is 18.3. The number of alkyl halides is 3. The Kier molecular flexibility index (Phi) is 7.85. The third-order valence-corrected chi connectivity index (χ3v) is 7.69. The molecule has 1 aliphatic rings. The molecule has 9 nitrogen and oxygen atoms in total. The lowest BCUT2D eigenvalue weighted by Gasteiger charge is -2.34. The van der Waals surface area contributed by atoms with Crippen molar-refractivity contribution in [1.29, 1.82) is 10.5 Å². The number of nitrogens with zero attached hydrogens (tertiary/aromatic N) is 6. The molecule has 1 aliphatic heterocycles. The average molecular weight is 598 g/mol. The van der Waals surface area contributed by atoms with E-state index in [0.717, 1.165) is 17.7 Å². The van der Waals surface area contributed by atoms with Crippen LogP contribution in [-0.4, -0.2) is 26.0 Å². The van der Waals surface area contributed by atoms with Crippen LogP contribution in [-0.2, 0) is 18.1 Å². The molecule has 0 radical (unpaired) electrons. The maximum Gasteiger partial charge on any atom is 0.416 e. The van der Waals surface area contributed by atoms with Crippen LogP contribution in [0.2, 0.25) is 0 Å². The molecule has 1 amide bonds. The van der Waals surface area contributed by atoms with Crippen LogP contribution in [0.1, 0.15) is 54.4 Å². The maximum absolute atomic E-state index is 13.7. The number of halogens is 3. The molecule has 0 aliphatic carbocycles. The number of aromatic nitrogens is 3. The summed E-state index contributed by atoms with van der Waals surface area (Å²) in [5, 5.41) is 37.0. The highest BCUT2D eigenvalue weighted by molar-refractivity contribution is 5.69. The van der Waals surface area contributed by atoms with E-state index in [1.807, 2.05) is 30.3 Å². The van der Waals surface area contributed by atoms with E-state index in [0.29, 0.717) is 16.8 Å². The zero-order valence-corrected chi connectivity index (χ0v) is 23.7. The van der Waals surface area contributed by atoms with Gasteiger partial charge in [-0.15, -0.1) is 0 Å². The standard InChI is InChI=1S/C32H26F3N7O2/c1-3-31(39-30(43)44,17-21-8-5-4-6-9-21)28-38-29-41(25-11-7-10-24(16-25)32(33,34)35)20(2)26(19-37)27(42(29)40-28)23-14-12-22(18-36)13-15-23/h4-16,27,39H,3,17H2,1-2H3,(H,43,44)/t27-,31?/m1/s1. The van der Waals surface area contributed by atoms with Crippen LogP contribution in [0.25, 0.3) is 0 Å². The lowest BCUT2D eigenvalue weighted by atomic mass is 9.87. The fourth-order valence-corrected chi connectivity index (χ4v) is 5.45. The van der Waals surface area contributed by atoms with E-state index in [4.69, 9.17) is 10.1 Å². The van der Waals surface area contributed by atoms with Gasteiger partial charge < -0.3 is 10.4 Å². The molecule has 4 aromatic rings. The number of carboxylic acid groups (broad SMARTS) is 1. The highest BCUT2D eigenvalue weighted by Crippen LogP contribution is 2.44. The van der Waals surface area contributed by atoms with E-state index in [2.05, 4.69) is 17.5 Å². The predicted molar refractivity (Wildman–Crippen MR) is 154 cm³/mol. The topological polar surface area (TPSA) is 131 Å². The predicted octanol–water partition coefficient (Wildman–Crippen LogP) is 6.82.